The van der Waals surface area contributed by atoms with Crippen LogP contribution in [0.4, 0.5) is 5.82 Å². The monoisotopic (exact) mass is 429 g/mol. The van der Waals surface area contributed by atoms with Crippen LogP contribution < -0.4 is 5.32 Å². The normalized spacial score (nSPS) is 10.9. The molecule has 1 amide bonds. The van der Waals surface area contributed by atoms with E-state index in [0.29, 0.717) is 21.3 Å². The molecule has 0 atom stereocenters. The zero-order valence-electron chi connectivity index (χ0n) is 15.4. The van der Waals surface area contributed by atoms with Crippen molar-refractivity contribution in [3.8, 4) is 5.69 Å². The molecule has 29 heavy (non-hydrogen) atoms. The van der Waals surface area contributed by atoms with Crippen LogP contribution in [0.5, 0.6) is 0 Å². The molecular weight excluding hydrogens is 413 g/mol. The molecule has 1 aromatic heterocycles. The Morgan fingerprint density at radius 1 is 1.17 bits per heavy atom. The van der Waals surface area contributed by atoms with Crippen LogP contribution in [0.15, 0.2) is 60.8 Å². The van der Waals surface area contributed by atoms with E-state index in [1.54, 1.807) is 43.3 Å². The number of carbonyl (C=O) groups is 2. The maximum atomic E-state index is 12.5. The summed E-state index contributed by atoms with van der Waals surface area (Å²) in [6.07, 6.45) is 4.23. The molecular formula is C21H17Cl2N3O3. The first-order valence-corrected chi connectivity index (χ1v) is 9.50. The Morgan fingerprint density at radius 3 is 2.62 bits per heavy atom. The molecule has 1 N–H and O–H groups in total. The lowest BCUT2D eigenvalue weighted by Gasteiger charge is -2.10. The molecule has 2 aromatic carbocycles. The fourth-order valence-electron chi connectivity index (χ4n) is 2.55. The van der Waals surface area contributed by atoms with Crippen molar-refractivity contribution in [1.82, 2.24) is 9.78 Å². The first-order chi connectivity index (χ1) is 14.0. The zero-order chi connectivity index (χ0) is 20.8. The van der Waals surface area contributed by atoms with E-state index in [0.717, 1.165) is 0 Å². The molecule has 0 aliphatic heterocycles. The molecule has 0 aliphatic rings. The lowest BCUT2D eigenvalue weighted by molar-refractivity contribution is -0.111. The largest absolute Gasteiger partial charge is 0.462 e. The summed E-state index contributed by atoms with van der Waals surface area (Å²) in [4.78, 5) is 24.8. The summed E-state index contributed by atoms with van der Waals surface area (Å²) < 4.78 is 6.53. The van der Waals surface area contributed by atoms with Crippen molar-refractivity contribution in [2.45, 2.75) is 6.92 Å². The number of ether oxygens (including phenoxy) is 1. The van der Waals surface area contributed by atoms with Crippen molar-refractivity contribution in [2.24, 2.45) is 0 Å². The molecule has 0 saturated carbocycles. The van der Waals surface area contributed by atoms with Gasteiger partial charge in [0.05, 0.1) is 18.5 Å². The minimum absolute atomic E-state index is 0.155. The summed E-state index contributed by atoms with van der Waals surface area (Å²) in [5.74, 6) is -0.819. The van der Waals surface area contributed by atoms with Gasteiger partial charge in [0.15, 0.2) is 5.82 Å². The third-order valence-corrected chi connectivity index (χ3v) is 4.45. The van der Waals surface area contributed by atoms with Gasteiger partial charge in [0.1, 0.15) is 5.56 Å². The molecule has 0 radical (unpaired) electrons. The van der Waals surface area contributed by atoms with Gasteiger partial charge in [-0.3, -0.25) is 4.79 Å². The van der Waals surface area contributed by atoms with Gasteiger partial charge in [-0.15, -0.1) is 0 Å². The van der Waals surface area contributed by atoms with Crippen LogP contribution >= 0.6 is 23.2 Å². The predicted molar refractivity (Wildman–Crippen MR) is 114 cm³/mol. The summed E-state index contributed by atoms with van der Waals surface area (Å²) in [5.41, 5.74) is 1.47. The molecule has 0 saturated heterocycles. The molecule has 6 nitrogen and oxygen atoms in total. The van der Waals surface area contributed by atoms with Gasteiger partial charge in [-0.05, 0) is 42.8 Å². The second kappa shape index (κ2) is 9.41. The molecule has 148 valence electrons. The second-order valence-electron chi connectivity index (χ2n) is 5.86. The number of hydrogen-bond donors (Lipinski definition) is 1. The van der Waals surface area contributed by atoms with Crippen LogP contribution in [0.2, 0.25) is 10.0 Å². The number of hydrogen-bond acceptors (Lipinski definition) is 4. The number of anilines is 1. The maximum Gasteiger partial charge on any atom is 0.343 e. The van der Waals surface area contributed by atoms with E-state index in [4.69, 9.17) is 27.9 Å². The van der Waals surface area contributed by atoms with Crippen LogP contribution in [0.3, 0.4) is 0 Å². The molecule has 1 heterocycles. The zero-order valence-corrected chi connectivity index (χ0v) is 16.9. The minimum Gasteiger partial charge on any atom is -0.462 e. The first-order valence-electron chi connectivity index (χ1n) is 8.74. The summed E-state index contributed by atoms with van der Waals surface area (Å²) in [6.45, 7) is 1.91. The number of rotatable bonds is 6. The van der Waals surface area contributed by atoms with Crippen LogP contribution in [-0.2, 0) is 9.53 Å². The standard InChI is InChI=1S/C21H17Cl2N3O3/c1-2-29-21(28)17-13-24-26(16-6-4-3-5-7-16)20(17)25-19(27)11-9-14-8-10-15(22)12-18(14)23/h3-13H,2H2,1H3,(H,25,27). The van der Waals surface area contributed by atoms with E-state index < -0.39 is 11.9 Å². The van der Waals surface area contributed by atoms with Crippen molar-refractivity contribution in [1.29, 1.82) is 0 Å². The number of benzene rings is 2. The summed E-state index contributed by atoms with van der Waals surface area (Å²) in [6, 6.07) is 14.1. The van der Waals surface area contributed by atoms with Crippen LogP contribution in [0.25, 0.3) is 11.8 Å². The van der Waals surface area contributed by atoms with Crippen LogP contribution in [0.1, 0.15) is 22.8 Å². The minimum atomic E-state index is -0.574. The van der Waals surface area contributed by atoms with Gasteiger partial charge in [-0.1, -0.05) is 47.5 Å². The van der Waals surface area contributed by atoms with Crippen molar-refractivity contribution in [3.05, 3.63) is 82.0 Å². The number of amides is 1. The van der Waals surface area contributed by atoms with E-state index in [1.807, 2.05) is 18.2 Å². The molecule has 0 unspecified atom stereocenters. The molecule has 0 bridgehead atoms. The Morgan fingerprint density at radius 2 is 1.93 bits per heavy atom. The number of aromatic nitrogens is 2. The third kappa shape index (κ3) is 5.04. The lowest BCUT2D eigenvalue weighted by Crippen LogP contribution is -2.16. The van der Waals surface area contributed by atoms with Crippen molar-refractivity contribution in [3.63, 3.8) is 0 Å². The highest BCUT2D eigenvalue weighted by Crippen LogP contribution is 2.23. The molecule has 0 spiro atoms. The topological polar surface area (TPSA) is 73.2 Å². The van der Waals surface area contributed by atoms with Gasteiger partial charge >= 0.3 is 5.97 Å². The Hall–Kier alpha value is -3.09. The predicted octanol–water partition coefficient (Wildman–Crippen LogP) is 5.01. The highest BCUT2D eigenvalue weighted by atomic mass is 35.5. The number of esters is 1. The van der Waals surface area contributed by atoms with Gasteiger partial charge in [-0.2, -0.15) is 5.10 Å². The van der Waals surface area contributed by atoms with E-state index >= 15 is 0 Å². The van der Waals surface area contributed by atoms with E-state index in [2.05, 4.69) is 10.4 Å². The Balaban J connectivity index is 1.89. The fraction of sp³-hybridized carbons (Fsp3) is 0.0952. The fourth-order valence-corrected chi connectivity index (χ4v) is 3.02. The summed E-state index contributed by atoms with van der Waals surface area (Å²) in [5, 5.41) is 7.85. The van der Waals surface area contributed by atoms with Gasteiger partial charge in [0, 0.05) is 16.1 Å². The Labute approximate surface area is 177 Å². The SMILES string of the molecule is CCOC(=O)c1cnn(-c2ccccc2)c1NC(=O)C=Cc1ccc(Cl)cc1Cl. The Kier molecular flexibility index (Phi) is 6.69. The van der Waals surface area contributed by atoms with Gasteiger partial charge < -0.3 is 10.1 Å². The quantitative estimate of drug-likeness (QED) is 0.441. The average Bonchev–Trinajstić information content (AvgIpc) is 3.11. The van der Waals surface area contributed by atoms with Crippen molar-refractivity contribution >= 4 is 47.0 Å². The molecule has 0 aliphatic carbocycles. The van der Waals surface area contributed by atoms with Gasteiger partial charge in [0.25, 0.3) is 0 Å². The highest BCUT2D eigenvalue weighted by Gasteiger charge is 2.20. The van der Waals surface area contributed by atoms with Gasteiger partial charge in [0.2, 0.25) is 5.91 Å². The molecule has 3 aromatic rings. The number of nitrogens with one attached hydrogen (secondary N) is 1. The smallest absolute Gasteiger partial charge is 0.343 e. The first kappa shape index (κ1) is 20.6. The van der Waals surface area contributed by atoms with Crippen LogP contribution in [0, 0.1) is 0 Å². The second-order valence-corrected chi connectivity index (χ2v) is 6.71. The van der Waals surface area contributed by atoms with E-state index in [-0.39, 0.29) is 18.0 Å². The van der Waals surface area contributed by atoms with Crippen LogP contribution in [-0.4, -0.2) is 28.3 Å². The number of nitrogens with zero attached hydrogens (tertiary/aromatic N) is 2. The Bertz CT molecular complexity index is 1060. The van der Waals surface area contributed by atoms with Crippen molar-refractivity contribution < 1.29 is 14.3 Å². The molecule has 3 rings (SSSR count). The van der Waals surface area contributed by atoms with Gasteiger partial charge in [-0.25, -0.2) is 9.48 Å². The maximum absolute atomic E-state index is 12.5. The molecule has 8 heteroatoms. The van der Waals surface area contributed by atoms with Crippen molar-refractivity contribution in [2.75, 3.05) is 11.9 Å². The number of halogens is 2. The number of para-hydroxylation sites is 1. The third-order valence-electron chi connectivity index (χ3n) is 3.88. The number of carbonyl (C=O) groups excluding carboxylic acids is 2. The summed E-state index contributed by atoms with van der Waals surface area (Å²) >= 11 is 12.0. The van der Waals surface area contributed by atoms with E-state index in [9.17, 15) is 9.59 Å². The highest BCUT2D eigenvalue weighted by molar-refractivity contribution is 6.35. The summed E-state index contributed by atoms with van der Waals surface area (Å²) in [7, 11) is 0. The lowest BCUT2D eigenvalue weighted by atomic mass is 10.2. The van der Waals surface area contributed by atoms with E-state index in [1.165, 1.54) is 17.0 Å². The average molecular weight is 430 g/mol. The molecule has 0 fully saturated rings.